The van der Waals surface area contributed by atoms with Crippen LogP contribution in [0.2, 0.25) is 0 Å². The molecule has 2 atom stereocenters. The smallest absolute Gasteiger partial charge is 0.274 e. The molecule has 0 radical (unpaired) electrons. The van der Waals surface area contributed by atoms with Gasteiger partial charge in [0.15, 0.2) is 0 Å². The first kappa shape index (κ1) is 16.5. The van der Waals surface area contributed by atoms with Gasteiger partial charge in [-0.15, -0.1) is 0 Å². The van der Waals surface area contributed by atoms with Gasteiger partial charge < -0.3 is 10.2 Å². The van der Waals surface area contributed by atoms with Gasteiger partial charge in [0, 0.05) is 25.3 Å². The van der Waals surface area contributed by atoms with Crippen LogP contribution < -0.4 is 5.32 Å². The Morgan fingerprint density at radius 2 is 2.22 bits per heavy atom. The van der Waals surface area contributed by atoms with Gasteiger partial charge in [-0.3, -0.25) is 9.48 Å². The van der Waals surface area contributed by atoms with Crippen molar-refractivity contribution in [3.63, 3.8) is 0 Å². The van der Waals surface area contributed by atoms with Crippen molar-refractivity contribution >= 4 is 5.91 Å². The molecule has 0 bridgehead atoms. The van der Waals surface area contributed by atoms with Gasteiger partial charge in [-0.1, -0.05) is 13.8 Å². The number of hydrogen-bond acceptors (Lipinski definition) is 3. The molecule has 1 aromatic rings. The third kappa shape index (κ3) is 3.94. The number of likely N-dealkylation sites (tertiary alicyclic amines) is 1. The van der Waals surface area contributed by atoms with Crippen LogP contribution in [0.4, 0.5) is 0 Å². The highest BCUT2D eigenvalue weighted by Gasteiger charge is 2.29. The van der Waals surface area contributed by atoms with E-state index >= 15 is 0 Å². The molecule has 0 aromatic carbocycles. The van der Waals surface area contributed by atoms with Crippen LogP contribution in [0.5, 0.6) is 0 Å². The predicted octanol–water partition coefficient (Wildman–Crippen LogP) is 2.85. The normalized spacial score (nSPS) is 25.8. The van der Waals surface area contributed by atoms with Crippen LogP contribution in [-0.4, -0.2) is 46.3 Å². The summed E-state index contributed by atoms with van der Waals surface area (Å²) in [6, 6.07) is 2.67. The lowest BCUT2D eigenvalue weighted by Gasteiger charge is -2.36. The van der Waals surface area contributed by atoms with Gasteiger partial charge in [-0.05, 0) is 57.1 Å². The van der Waals surface area contributed by atoms with E-state index in [2.05, 4.69) is 29.2 Å². The van der Waals surface area contributed by atoms with Crippen LogP contribution in [0.3, 0.4) is 0 Å². The van der Waals surface area contributed by atoms with Crippen LogP contribution in [0.15, 0.2) is 12.3 Å². The highest BCUT2D eigenvalue weighted by atomic mass is 16.2. The average Bonchev–Trinajstić information content (AvgIpc) is 3.05. The zero-order chi connectivity index (χ0) is 16.2. The first-order valence-corrected chi connectivity index (χ1v) is 9.22. The quantitative estimate of drug-likeness (QED) is 0.929. The van der Waals surface area contributed by atoms with Gasteiger partial charge >= 0.3 is 0 Å². The van der Waals surface area contributed by atoms with E-state index in [9.17, 15) is 4.79 Å². The van der Waals surface area contributed by atoms with Gasteiger partial charge in [0.25, 0.3) is 5.91 Å². The van der Waals surface area contributed by atoms with Crippen molar-refractivity contribution in [2.45, 2.75) is 64.5 Å². The van der Waals surface area contributed by atoms with Crippen LogP contribution in [0, 0.1) is 5.92 Å². The van der Waals surface area contributed by atoms with Crippen LogP contribution in [-0.2, 0) is 0 Å². The van der Waals surface area contributed by atoms with Crippen molar-refractivity contribution < 1.29 is 4.79 Å². The summed E-state index contributed by atoms with van der Waals surface area (Å²) in [7, 11) is 0. The Kier molecular flexibility index (Phi) is 5.36. The number of piperidine rings is 2. The lowest BCUT2D eigenvalue weighted by Crippen LogP contribution is -2.44. The Labute approximate surface area is 139 Å². The summed E-state index contributed by atoms with van der Waals surface area (Å²) >= 11 is 0. The molecule has 1 N–H and O–H groups in total. The zero-order valence-corrected chi connectivity index (χ0v) is 14.5. The predicted molar refractivity (Wildman–Crippen MR) is 91.5 cm³/mol. The molecule has 5 heteroatoms. The molecule has 0 aliphatic carbocycles. The van der Waals surface area contributed by atoms with Crippen molar-refractivity contribution in [1.82, 2.24) is 20.0 Å². The second kappa shape index (κ2) is 7.47. The van der Waals surface area contributed by atoms with Crippen LogP contribution in [0.1, 0.15) is 68.9 Å². The molecule has 2 fully saturated rings. The van der Waals surface area contributed by atoms with Gasteiger partial charge in [0.2, 0.25) is 0 Å². The molecule has 3 heterocycles. The standard InChI is InChI=1S/C18H30N4O/c1-14(2)12-15-6-3-4-10-21(15)18(23)17-8-11-22(20-17)16-7-5-9-19-13-16/h8,11,14-16,19H,3-7,9-10,12-13H2,1-2H3. The maximum Gasteiger partial charge on any atom is 0.274 e. The minimum atomic E-state index is 0.123. The number of carbonyl (C=O) groups is 1. The van der Waals surface area contributed by atoms with E-state index in [1.54, 1.807) is 0 Å². The molecular weight excluding hydrogens is 288 g/mol. The third-order valence-corrected chi connectivity index (χ3v) is 5.10. The monoisotopic (exact) mass is 318 g/mol. The molecular formula is C18H30N4O. The van der Waals surface area contributed by atoms with Crippen molar-refractivity contribution in [1.29, 1.82) is 0 Å². The van der Waals surface area contributed by atoms with Crippen molar-refractivity contribution in [3.8, 4) is 0 Å². The largest absolute Gasteiger partial charge is 0.334 e. The Hall–Kier alpha value is -1.36. The summed E-state index contributed by atoms with van der Waals surface area (Å²) in [4.78, 5) is 15.0. The molecule has 23 heavy (non-hydrogen) atoms. The topological polar surface area (TPSA) is 50.2 Å². The molecule has 0 saturated carbocycles. The molecule has 5 nitrogen and oxygen atoms in total. The molecule has 0 spiro atoms. The zero-order valence-electron chi connectivity index (χ0n) is 14.5. The van der Waals surface area contributed by atoms with Crippen molar-refractivity contribution in [2.75, 3.05) is 19.6 Å². The molecule has 2 aliphatic rings. The van der Waals surface area contributed by atoms with Crippen molar-refractivity contribution in [2.24, 2.45) is 5.92 Å². The number of amides is 1. The van der Waals surface area contributed by atoms with E-state index in [4.69, 9.17) is 0 Å². The lowest BCUT2D eigenvalue weighted by atomic mass is 9.94. The fourth-order valence-corrected chi connectivity index (χ4v) is 3.92. The minimum absolute atomic E-state index is 0.123. The molecule has 128 valence electrons. The van der Waals surface area contributed by atoms with E-state index in [1.807, 2.05) is 16.9 Å². The Morgan fingerprint density at radius 1 is 1.35 bits per heavy atom. The minimum Gasteiger partial charge on any atom is -0.334 e. The van der Waals surface area contributed by atoms with Crippen LogP contribution in [0.25, 0.3) is 0 Å². The van der Waals surface area contributed by atoms with E-state index in [0.29, 0.717) is 23.7 Å². The molecule has 2 unspecified atom stereocenters. The summed E-state index contributed by atoms with van der Waals surface area (Å²) in [5, 5.41) is 8.02. The van der Waals surface area contributed by atoms with Gasteiger partial charge in [-0.2, -0.15) is 5.10 Å². The second-order valence-corrected chi connectivity index (χ2v) is 7.46. The Bertz CT molecular complexity index is 519. The first-order chi connectivity index (χ1) is 11.1. The highest BCUT2D eigenvalue weighted by molar-refractivity contribution is 5.92. The molecule has 2 aliphatic heterocycles. The number of hydrogen-bond donors (Lipinski definition) is 1. The third-order valence-electron chi connectivity index (χ3n) is 5.10. The van der Waals surface area contributed by atoms with Crippen molar-refractivity contribution in [3.05, 3.63) is 18.0 Å². The number of nitrogens with zero attached hydrogens (tertiary/aromatic N) is 3. The SMILES string of the molecule is CC(C)CC1CCCCN1C(=O)c1ccn(C2CCCNC2)n1. The number of aromatic nitrogens is 2. The summed E-state index contributed by atoms with van der Waals surface area (Å²) in [5.41, 5.74) is 0.617. The number of carbonyl (C=O) groups excluding carboxylic acids is 1. The fraction of sp³-hybridized carbons (Fsp3) is 0.778. The average molecular weight is 318 g/mol. The summed E-state index contributed by atoms with van der Waals surface area (Å²) < 4.78 is 1.99. The van der Waals surface area contributed by atoms with E-state index in [0.717, 1.165) is 45.3 Å². The van der Waals surface area contributed by atoms with E-state index in [-0.39, 0.29) is 5.91 Å². The van der Waals surface area contributed by atoms with Gasteiger partial charge in [0.05, 0.1) is 6.04 Å². The van der Waals surface area contributed by atoms with Crippen LogP contribution >= 0.6 is 0 Å². The molecule has 3 rings (SSSR count). The fourth-order valence-electron chi connectivity index (χ4n) is 3.92. The molecule has 1 aromatic heterocycles. The van der Waals surface area contributed by atoms with E-state index in [1.165, 1.54) is 12.8 Å². The summed E-state index contributed by atoms with van der Waals surface area (Å²) in [6.45, 7) is 7.40. The number of nitrogens with one attached hydrogen (secondary N) is 1. The van der Waals surface area contributed by atoms with E-state index < -0.39 is 0 Å². The van der Waals surface area contributed by atoms with Gasteiger partial charge in [0.1, 0.15) is 5.69 Å². The molecule has 1 amide bonds. The maximum absolute atomic E-state index is 12.9. The highest BCUT2D eigenvalue weighted by Crippen LogP contribution is 2.25. The second-order valence-electron chi connectivity index (χ2n) is 7.46. The lowest BCUT2D eigenvalue weighted by molar-refractivity contribution is 0.0576. The Balaban J connectivity index is 1.69. The number of rotatable bonds is 4. The maximum atomic E-state index is 12.9. The first-order valence-electron chi connectivity index (χ1n) is 9.22. The molecule has 2 saturated heterocycles. The van der Waals surface area contributed by atoms with Gasteiger partial charge in [-0.25, -0.2) is 0 Å². The Morgan fingerprint density at radius 3 is 2.96 bits per heavy atom. The summed E-state index contributed by atoms with van der Waals surface area (Å²) in [5.74, 6) is 0.747. The summed E-state index contributed by atoms with van der Waals surface area (Å²) in [6.07, 6.45) is 8.89.